The van der Waals surface area contributed by atoms with Gasteiger partial charge in [0.05, 0.1) is 10.9 Å². The number of aliphatic hydroxyl groups is 1. The Morgan fingerprint density at radius 2 is 1.75 bits per heavy atom. The molecule has 1 aliphatic heterocycles. The predicted molar refractivity (Wildman–Crippen MR) is 182 cm³/mol. The number of benzene rings is 1. The number of rotatable bonds is 10. The van der Waals surface area contributed by atoms with Crippen molar-refractivity contribution in [2.75, 3.05) is 56.6 Å². The molecule has 0 saturated carbocycles. The molecule has 0 bridgehead atoms. The summed E-state index contributed by atoms with van der Waals surface area (Å²) in [7, 11) is 0.0934. The third-order valence-corrected chi connectivity index (χ3v) is 15.1. The average molecular weight is 618 g/mol. The molecule has 0 aliphatic carbocycles. The van der Waals surface area contributed by atoms with Crippen molar-refractivity contribution in [3.05, 3.63) is 51.9 Å². The normalized spacial score (nSPS) is 14.3. The first-order chi connectivity index (χ1) is 21.0. The largest absolute Gasteiger partial charge is 0.396 e. The topological polar surface area (TPSA) is 126 Å². The van der Waals surface area contributed by atoms with Gasteiger partial charge in [0, 0.05) is 68.5 Å². The Labute approximate surface area is 261 Å². The fourth-order valence-corrected chi connectivity index (χ4v) is 11.6. The zero-order chi connectivity index (χ0) is 32.0. The standard InChI is InChI=1S/C33H47N7O3Si/c1-22(2)44(23(3)4,24(5)6)18-11-25-19-30(42)37-31-28(25)21-35-33(38-31)36-26-9-10-29(40-15-13-39(7)14-16-40)27(20-26)32(43)34-12-8-17-41/h9-10,19-24,41H,8,12-17H2,1-7H3,(H,34,43)(H2,35,36,37,38,42). The number of anilines is 3. The van der Waals surface area contributed by atoms with Crippen molar-refractivity contribution in [1.29, 1.82) is 0 Å². The Morgan fingerprint density at radius 3 is 2.39 bits per heavy atom. The lowest BCUT2D eigenvalue weighted by Gasteiger charge is -2.38. The highest BCUT2D eigenvalue weighted by molar-refractivity contribution is 6.90. The molecule has 1 amide bonds. The van der Waals surface area contributed by atoms with E-state index in [1.807, 2.05) is 12.1 Å². The molecule has 3 aromatic rings. The van der Waals surface area contributed by atoms with Crippen molar-refractivity contribution in [2.24, 2.45) is 0 Å². The zero-order valence-electron chi connectivity index (χ0n) is 27.1. The van der Waals surface area contributed by atoms with Crippen LogP contribution in [0.3, 0.4) is 0 Å². The number of carbonyl (C=O) groups excluding carboxylic acids is 1. The Bertz CT molecular complexity index is 1560. The van der Waals surface area contributed by atoms with Gasteiger partial charge >= 0.3 is 0 Å². The summed E-state index contributed by atoms with van der Waals surface area (Å²) in [6.45, 7) is 17.4. The Hall–Kier alpha value is -3.72. The number of aliphatic hydroxyl groups excluding tert-OH is 1. The summed E-state index contributed by atoms with van der Waals surface area (Å²) in [6.07, 6.45) is 2.17. The molecule has 44 heavy (non-hydrogen) atoms. The first-order valence-electron chi connectivity index (χ1n) is 15.6. The van der Waals surface area contributed by atoms with E-state index in [0.717, 1.165) is 31.9 Å². The summed E-state index contributed by atoms with van der Waals surface area (Å²) >= 11 is 0. The molecule has 0 unspecified atom stereocenters. The SMILES string of the molecule is CC(C)[Si](C#Cc1cc(=O)[nH]c2nc(Nc3ccc(N4CCN(C)CC4)c(C(=O)NCCCO)c3)ncc12)(C(C)C)C(C)C. The van der Waals surface area contributed by atoms with E-state index in [9.17, 15) is 9.59 Å². The van der Waals surface area contributed by atoms with E-state index in [1.165, 1.54) is 6.07 Å². The molecule has 1 fully saturated rings. The summed E-state index contributed by atoms with van der Waals surface area (Å²) < 4.78 is 0. The first kappa shape index (κ1) is 33.2. The third kappa shape index (κ3) is 7.31. The van der Waals surface area contributed by atoms with E-state index in [0.29, 0.717) is 63.4 Å². The summed E-state index contributed by atoms with van der Waals surface area (Å²) in [5, 5.41) is 16.0. The number of likely N-dealkylation sites (N-methyl/N-ethyl adjacent to an activating group) is 1. The van der Waals surface area contributed by atoms with E-state index in [4.69, 9.17) is 5.11 Å². The van der Waals surface area contributed by atoms with Crippen LogP contribution in [0.2, 0.25) is 16.6 Å². The minimum Gasteiger partial charge on any atom is -0.396 e. The lowest BCUT2D eigenvalue weighted by Crippen LogP contribution is -2.45. The summed E-state index contributed by atoms with van der Waals surface area (Å²) in [5.41, 5.74) is 7.93. The van der Waals surface area contributed by atoms with Crippen LogP contribution >= 0.6 is 0 Å². The van der Waals surface area contributed by atoms with Gasteiger partial charge < -0.3 is 30.5 Å². The molecule has 4 N–H and O–H groups in total. The van der Waals surface area contributed by atoms with Gasteiger partial charge in [-0.25, -0.2) is 4.98 Å². The lowest BCUT2D eigenvalue weighted by atomic mass is 10.1. The minimum atomic E-state index is -2.00. The second-order valence-electron chi connectivity index (χ2n) is 12.6. The molecule has 3 heterocycles. The Morgan fingerprint density at radius 1 is 1.07 bits per heavy atom. The first-order valence-corrected chi connectivity index (χ1v) is 17.9. The number of nitrogens with one attached hydrogen (secondary N) is 3. The molecule has 0 radical (unpaired) electrons. The van der Waals surface area contributed by atoms with Gasteiger partial charge in [0.25, 0.3) is 11.5 Å². The molecule has 4 rings (SSSR count). The maximum absolute atomic E-state index is 13.2. The molecular formula is C33H47N7O3Si. The monoisotopic (exact) mass is 617 g/mol. The molecule has 11 heteroatoms. The highest BCUT2D eigenvalue weighted by atomic mass is 28.3. The molecule has 0 atom stereocenters. The molecule has 1 aromatic carbocycles. The van der Waals surface area contributed by atoms with E-state index in [1.54, 1.807) is 12.3 Å². The maximum Gasteiger partial charge on any atom is 0.253 e. The third-order valence-electron chi connectivity index (χ3n) is 8.84. The van der Waals surface area contributed by atoms with Crippen LogP contribution in [0.4, 0.5) is 17.3 Å². The summed E-state index contributed by atoms with van der Waals surface area (Å²) in [6, 6.07) is 7.18. The Balaban J connectivity index is 1.67. The molecule has 1 saturated heterocycles. The van der Waals surface area contributed by atoms with Crippen LogP contribution in [-0.4, -0.2) is 85.3 Å². The number of hydrogen-bond donors (Lipinski definition) is 4. The highest BCUT2D eigenvalue weighted by Crippen LogP contribution is 2.41. The number of aromatic amines is 1. The lowest BCUT2D eigenvalue weighted by molar-refractivity contribution is 0.0951. The van der Waals surface area contributed by atoms with Crippen LogP contribution in [0, 0.1) is 11.5 Å². The van der Waals surface area contributed by atoms with Crippen LogP contribution < -0.4 is 21.1 Å². The van der Waals surface area contributed by atoms with E-state index >= 15 is 0 Å². The fraction of sp³-hybridized carbons (Fsp3) is 0.515. The van der Waals surface area contributed by atoms with Gasteiger partial charge in [0.1, 0.15) is 13.7 Å². The molecule has 236 valence electrons. The van der Waals surface area contributed by atoms with Crippen molar-refractivity contribution in [3.8, 4) is 11.5 Å². The number of amides is 1. The van der Waals surface area contributed by atoms with Crippen molar-refractivity contribution < 1.29 is 9.90 Å². The number of hydrogen-bond acceptors (Lipinski definition) is 8. The van der Waals surface area contributed by atoms with Gasteiger partial charge in [-0.3, -0.25) is 9.59 Å². The van der Waals surface area contributed by atoms with Crippen molar-refractivity contribution in [2.45, 2.75) is 64.6 Å². The molecule has 10 nitrogen and oxygen atoms in total. The maximum atomic E-state index is 13.2. The van der Waals surface area contributed by atoms with Crippen LogP contribution in [0.15, 0.2) is 35.3 Å². The Kier molecular flexibility index (Phi) is 10.8. The van der Waals surface area contributed by atoms with E-state index in [-0.39, 0.29) is 18.1 Å². The smallest absolute Gasteiger partial charge is 0.253 e. The van der Waals surface area contributed by atoms with E-state index in [2.05, 4.69) is 95.4 Å². The number of nitrogens with zero attached hydrogens (tertiary/aromatic N) is 4. The quantitative estimate of drug-likeness (QED) is 0.149. The zero-order valence-corrected chi connectivity index (χ0v) is 28.1. The summed E-state index contributed by atoms with van der Waals surface area (Å²) in [5.74, 6) is 3.48. The van der Waals surface area contributed by atoms with Gasteiger partial charge in [-0.15, -0.1) is 5.54 Å². The number of fused-ring (bicyclic) bond motifs is 1. The van der Waals surface area contributed by atoms with Crippen molar-refractivity contribution in [3.63, 3.8) is 0 Å². The van der Waals surface area contributed by atoms with Gasteiger partial charge in [-0.05, 0) is 48.3 Å². The van der Waals surface area contributed by atoms with Crippen molar-refractivity contribution in [1.82, 2.24) is 25.2 Å². The van der Waals surface area contributed by atoms with Crippen LogP contribution in [0.5, 0.6) is 0 Å². The van der Waals surface area contributed by atoms with Crippen LogP contribution in [-0.2, 0) is 0 Å². The number of H-pyrrole nitrogens is 1. The van der Waals surface area contributed by atoms with Gasteiger partial charge in [-0.2, -0.15) is 4.98 Å². The molecule has 1 aliphatic rings. The molecule has 2 aromatic heterocycles. The number of carbonyl (C=O) groups is 1. The molecule has 0 spiro atoms. The van der Waals surface area contributed by atoms with Crippen LogP contribution in [0.25, 0.3) is 11.0 Å². The van der Waals surface area contributed by atoms with Crippen LogP contribution in [0.1, 0.15) is 63.9 Å². The molecular weight excluding hydrogens is 570 g/mol. The van der Waals surface area contributed by atoms with E-state index < -0.39 is 8.07 Å². The van der Waals surface area contributed by atoms with Gasteiger partial charge in [0.15, 0.2) is 0 Å². The van der Waals surface area contributed by atoms with Gasteiger partial charge in [-0.1, -0.05) is 47.5 Å². The fourth-order valence-electron chi connectivity index (χ4n) is 6.43. The second kappa shape index (κ2) is 14.4. The average Bonchev–Trinajstić information content (AvgIpc) is 2.97. The number of piperazine rings is 1. The summed E-state index contributed by atoms with van der Waals surface area (Å²) in [4.78, 5) is 42.4. The highest BCUT2D eigenvalue weighted by Gasteiger charge is 2.41. The number of aromatic nitrogens is 3. The van der Waals surface area contributed by atoms with Crippen molar-refractivity contribution >= 4 is 42.3 Å². The minimum absolute atomic E-state index is 0.0118. The predicted octanol–water partition coefficient (Wildman–Crippen LogP) is 4.50. The number of pyridine rings is 1. The van der Waals surface area contributed by atoms with Gasteiger partial charge in [0.2, 0.25) is 5.95 Å². The second-order valence-corrected chi connectivity index (χ2v) is 18.2.